The monoisotopic (exact) mass is 456 g/mol. The molecule has 1 amide bonds. The number of anilines is 1. The van der Waals surface area contributed by atoms with Crippen molar-refractivity contribution in [2.24, 2.45) is 0 Å². The Kier molecular flexibility index (Phi) is 7.53. The quantitative estimate of drug-likeness (QED) is 0.506. The summed E-state index contributed by atoms with van der Waals surface area (Å²) in [7, 11) is -1.95. The van der Waals surface area contributed by atoms with Crippen molar-refractivity contribution >= 4 is 21.6 Å². The van der Waals surface area contributed by atoms with Gasteiger partial charge in [-0.1, -0.05) is 18.2 Å². The smallest absolute Gasteiger partial charge is 0.232 e. The number of hydrogen-bond acceptors (Lipinski definition) is 5. The van der Waals surface area contributed by atoms with E-state index < -0.39 is 10.0 Å². The van der Waals surface area contributed by atoms with Crippen LogP contribution in [0.4, 0.5) is 5.69 Å². The predicted octanol–water partition coefficient (Wildman–Crippen LogP) is 3.05. The Balaban J connectivity index is 1.51. The lowest BCUT2D eigenvalue weighted by molar-refractivity contribution is -0.121. The van der Waals surface area contributed by atoms with Crippen LogP contribution in [0.3, 0.4) is 0 Å². The van der Waals surface area contributed by atoms with Gasteiger partial charge in [-0.05, 0) is 43.2 Å². The molecule has 1 N–H and O–H groups in total. The summed E-state index contributed by atoms with van der Waals surface area (Å²) >= 11 is 0. The average Bonchev–Trinajstić information content (AvgIpc) is 3.20. The zero-order valence-electron chi connectivity index (χ0n) is 18.5. The summed E-state index contributed by atoms with van der Waals surface area (Å²) in [4.78, 5) is 16.5. The first-order valence-corrected chi connectivity index (χ1v) is 12.1. The number of ether oxygens (including phenoxy) is 1. The molecule has 0 spiro atoms. The molecule has 8 nitrogen and oxygen atoms in total. The van der Waals surface area contributed by atoms with Crippen LogP contribution in [0, 0.1) is 6.92 Å². The summed E-state index contributed by atoms with van der Waals surface area (Å²) < 4.78 is 32.9. The highest BCUT2D eigenvalue weighted by Crippen LogP contribution is 2.23. The van der Waals surface area contributed by atoms with Crippen LogP contribution in [0.5, 0.6) is 5.75 Å². The lowest BCUT2D eigenvalue weighted by atomic mass is 10.2. The van der Waals surface area contributed by atoms with Crippen LogP contribution in [0.15, 0.2) is 60.9 Å². The highest BCUT2D eigenvalue weighted by atomic mass is 32.2. The first kappa shape index (κ1) is 23.3. The fraction of sp³-hybridized carbons (Fsp3) is 0.304. The molecule has 0 saturated heterocycles. The molecule has 0 saturated carbocycles. The van der Waals surface area contributed by atoms with Crippen molar-refractivity contribution in [3.63, 3.8) is 0 Å². The van der Waals surface area contributed by atoms with Crippen LogP contribution >= 0.6 is 0 Å². The van der Waals surface area contributed by atoms with E-state index in [1.807, 2.05) is 42.0 Å². The number of imidazole rings is 1. The lowest BCUT2D eigenvalue weighted by Gasteiger charge is -2.22. The van der Waals surface area contributed by atoms with Crippen LogP contribution in [0.1, 0.15) is 24.2 Å². The molecule has 2 aromatic carbocycles. The SMILES string of the molecule is COc1cccc(N(CCCC(=O)NCc2ccc(-n3ccnc3C)cc2)S(C)(=O)=O)c1. The van der Waals surface area contributed by atoms with E-state index in [0.717, 1.165) is 23.3 Å². The minimum Gasteiger partial charge on any atom is -0.497 e. The number of hydrogen-bond donors (Lipinski definition) is 1. The summed E-state index contributed by atoms with van der Waals surface area (Å²) in [6.45, 7) is 2.55. The number of aryl methyl sites for hydroxylation is 1. The number of nitrogens with one attached hydrogen (secondary N) is 1. The van der Waals surface area contributed by atoms with E-state index in [1.165, 1.54) is 11.4 Å². The maximum Gasteiger partial charge on any atom is 0.232 e. The molecule has 0 unspecified atom stereocenters. The van der Waals surface area contributed by atoms with Gasteiger partial charge in [0.25, 0.3) is 0 Å². The van der Waals surface area contributed by atoms with Gasteiger partial charge in [-0.3, -0.25) is 9.10 Å². The average molecular weight is 457 g/mol. The fourth-order valence-electron chi connectivity index (χ4n) is 3.35. The molecule has 0 aliphatic heterocycles. The number of aromatic nitrogens is 2. The Labute approximate surface area is 188 Å². The van der Waals surface area contributed by atoms with Crippen molar-refractivity contribution in [1.29, 1.82) is 0 Å². The predicted molar refractivity (Wildman–Crippen MR) is 125 cm³/mol. The molecule has 1 heterocycles. The Bertz CT molecular complexity index is 1160. The highest BCUT2D eigenvalue weighted by molar-refractivity contribution is 7.92. The largest absolute Gasteiger partial charge is 0.497 e. The van der Waals surface area contributed by atoms with Gasteiger partial charge in [0.2, 0.25) is 15.9 Å². The number of benzene rings is 2. The van der Waals surface area contributed by atoms with Crippen molar-refractivity contribution in [3.8, 4) is 11.4 Å². The van der Waals surface area contributed by atoms with E-state index in [1.54, 1.807) is 30.5 Å². The van der Waals surface area contributed by atoms with E-state index in [0.29, 0.717) is 24.4 Å². The summed E-state index contributed by atoms with van der Waals surface area (Å²) in [5, 5.41) is 2.89. The summed E-state index contributed by atoms with van der Waals surface area (Å²) in [6.07, 6.45) is 5.43. The maximum atomic E-state index is 12.3. The van der Waals surface area contributed by atoms with Crippen molar-refractivity contribution in [2.45, 2.75) is 26.3 Å². The maximum absolute atomic E-state index is 12.3. The molecule has 3 aromatic rings. The molecule has 0 bridgehead atoms. The molecule has 0 radical (unpaired) electrons. The van der Waals surface area contributed by atoms with Crippen LogP contribution in [0.2, 0.25) is 0 Å². The van der Waals surface area contributed by atoms with Gasteiger partial charge in [0, 0.05) is 43.7 Å². The van der Waals surface area contributed by atoms with Gasteiger partial charge in [0.05, 0.1) is 19.1 Å². The van der Waals surface area contributed by atoms with Gasteiger partial charge in [-0.25, -0.2) is 13.4 Å². The highest BCUT2D eigenvalue weighted by Gasteiger charge is 2.18. The third-order valence-electron chi connectivity index (χ3n) is 5.04. The summed E-state index contributed by atoms with van der Waals surface area (Å²) in [5.74, 6) is 1.35. The number of nitrogens with zero attached hydrogens (tertiary/aromatic N) is 3. The van der Waals surface area contributed by atoms with E-state index >= 15 is 0 Å². The van der Waals surface area contributed by atoms with Crippen molar-refractivity contribution in [3.05, 3.63) is 72.3 Å². The van der Waals surface area contributed by atoms with Crippen LogP contribution < -0.4 is 14.4 Å². The molecule has 0 atom stereocenters. The molecule has 1 aromatic heterocycles. The Hall–Kier alpha value is -3.33. The number of sulfonamides is 1. The number of rotatable bonds is 10. The molecule has 3 rings (SSSR count). The van der Waals surface area contributed by atoms with Crippen LogP contribution in [-0.4, -0.2) is 43.8 Å². The number of carbonyl (C=O) groups excluding carboxylic acids is 1. The van der Waals surface area contributed by atoms with E-state index in [9.17, 15) is 13.2 Å². The van der Waals surface area contributed by atoms with Crippen LogP contribution in [0.25, 0.3) is 5.69 Å². The molecule has 170 valence electrons. The van der Waals surface area contributed by atoms with Crippen molar-refractivity contribution in [2.75, 3.05) is 24.2 Å². The fourth-order valence-corrected chi connectivity index (χ4v) is 4.31. The minimum absolute atomic E-state index is 0.126. The molecular formula is C23H28N4O4S. The molecule has 0 aliphatic carbocycles. The Morgan fingerprint density at radius 1 is 1.19 bits per heavy atom. The second-order valence-corrected chi connectivity index (χ2v) is 9.33. The minimum atomic E-state index is -3.48. The van der Waals surface area contributed by atoms with Gasteiger partial charge in [-0.15, -0.1) is 0 Å². The van der Waals surface area contributed by atoms with Crippen LogP contribution in [-0.2, 0) is 21.4 Å². The topological polar surface area (TPSA) is 93.5 Å². The lowest BCUT2D eigenvalue weighted by Crippen LogP contribution is -2.32. The zero-order chi connectivity index (χ0) is 23.1. The third kappa shape index (κ3) is 6.10. The van der Waals surface area contributed by atoms with Gasteiger partial charge in [0.15, 0.2) is 0 Å². The second-order valence-electron chi connectivity index (χ2n) is 7.43. The molecular weight excluding hydrogens is 428 g/mol. The standard InChI is InChI=1S/C23H28N4O4S/c1-18-24-13-15-26(18)20-11-9-19(10-12-20)17-25-23(28)8-5-14-27(32(3,29)30)21-6-4-7-22(16-21)31-2/h4,6-7,9-13,15-16H,5,8,14,17H2,1-3H3,(H,25,28). The van der Waals surface area contributed by atoms with Gasteiger partial charge >= 0.3 is 0 Å². The number of methoxy groups -OCH3 is 1. The third-order valence-corrected chi connectivity index (χ3v) is 6.23. The van der Waals surface area contributed by atoms with E-state index in [-0.39, 0.29) is 18.9 Å². The molecule has 0 aliphatic rings. The normalized spacial score (nSPS) is 11.2. The molecule has 9 heteroatoms. The Morgan fingerprint density at radius 2 is 1.94 bits per heavy atom. The van der Waals surface area contributed by atoms with Crippen molar-refractivity contribution in [1.82, 2.24) is 14.9 Å². The first-order valence-electron chi connectivity index (χ1n) is 10.3. The first-order chi connectivity index (χ1) is 15.3. The number of carbonyl (C=O) groups is 1. The van der Waals surface area contributed by atoms with Gasteiger partial charge < -0.3 is 14.6 Å². The number of amides is 1. The van der Waals surface area contributed by atoms with Crippen molar-refractivity contribution < 1.29 is 17.9 Å². The van der Waals surface area contributed by atoms with E-state index in [4.69, 9.17) is 4.74 Å². The molecule has 32 heavy (non-hydrogen) atoms. The summed E-state index contributed by atoms with van der Waals surface area (Å²) in [5.41, 5.74) is 2.50. The zero-order valence-corrected chi connectivity index (χ0v) is 19.3. The molecule has 0 fully saturated rings. The Morgan fingerprint density at radius 3 is 2.56 bits per heavy atom. The second kappa shape index (κ2) is 10.3. The van der Waals surface area contributed by atoms with Gasteiger partial charge in [-0.2, -0.15) is 0 Å². The van der Waals surface area contributed by atoms with Gasteiger partial charge in [0.1, 0.15) is 11.6 Å². The summed E-state index contributed by atoms with van der Waals surface area (Å²) in [6, 6.07) is 14.7. The van der Waals surface area contributed by atoms with E-state index in [2.05, 4.69) is 10.3 Å².